The number of halogens is 1. The molecular formula is C19H17ClN2O3S. The average molecular weight is 389 g/mol. The summed E-state index contributed by atoms with van der Waals surface area (Å²) in [6, 6.07) is 12.6. The summed E-state index contributed by atoms with van der Waals surface area (Å²) in [6.45, 7) is 3.63. The molecule has 2 heterocycles. The molecule has 26 heavy (non-hydrogen) atoms. The van der Waals surface area contributed by atoms with Gasteiger partial charge < -0.3 is 9.26 Å². The SMILES string of the molecule is Cc1cc(CSc2ncccc2C(=O)O[C@H](C)c2ccccc2Cl)no1. The Hall–Kier alpha value is -2.31. The van der Waals surface area contributed by atoms with Crippen molar-refractivity contribution in [3.63, 3.8) is 0 Å². The van der Waals surface area contributed by atoms with E-state index in [9.17, 15) is 4.79 Å². The van der Waals surface area contributed by atoms with Gasteiger partial charge in [0.15, 0.2) is 0 Å². The second-order valence-corrected chi connectivity index (χ2v) is 7.01. The number of aromatic nitrogens is 2. The van der Waals surface area contributed by atoms with Gasteiger partial charge in [-0.2, -0.15) is 0 Å². The van der Waals surface area contributed by atoms with Gasteiger partial charge in [0.2, 0.25) is 0 Å². The van der Waals surface area contributed by atoms with Crippen molar-refractivity contribution < 1.29 is 14.1 Å². The van der Waals surface area contributed by atoms with Crippen LogP contribution in [0.15, 0.2) is 58.2 Å². The predicted octanol–water partition coefficient (Wildman–Crippen LogP) is 5.24. The number of esters is 1. The predicted molar refractivity (Wildman–Crippen MR) is 100 cm³/mol. The third-order valence-corrected chi connectivity index (χ3v) is 5.03. The van der Waals surface area contributed by atoms with Crippen LogP contribution in [0.3, 0.4) is 0 Å². The molecule has 0 saturated carbocycles. The number of hydrogen-bond acceptors (Lipinski definition) is 6. The van der Waals surface area contributed by atoms with Crippen LogP contribution in [-0.2, 0) is 10.5 Å². The molecule has 3 aromatic rings. The van der Waals surface area contributed by atoms with Crippen LogP contribution in [0, 0.1) is 6.92 Å². The summed E-state index contributed by atoms with van der Waals surface area (Å²) in [5.41, 5.74) is 1.97. The molecule has 1 aromatic carbocycles. The molecule has 7 heteroatoms. The van der Waals surface area contributed by atoms with Gasteiger partial charge in [-0.1, -0.05) is 46.7 Å². The van der Waals surface area contributed by atoms with Crippen LogP contribution in [0.2, 0.25) is 5.02 Å². The van der Waals surface area contributed by atoms with E-state index in [1.807, 2.05) is 31.2 Å². The third-order valence-electron chi connectivity index (χ3n) is 3.65. The van der Waals surface area contributed by atoms with Gasteiger partial charge in [0, 0.05) is 28.6 Å². The van der Waals surface area contributed by atoms with E-state index in [2.05, 4.69) is 10.1 Å². The molecule has 0 saturated heterocycles. The highest BCUT2D eigenvalue weighted by Crippen LogP contribution is 2.28. The van der Waals surface area contributed by atoms with Crippen LogP contribution < -0.4 is 0 Å². The van der Waals surface area contributed by atoms with E-state index < -0.39 is 12.1 Å². The highest BCUT2D eigenvalue weighted by molar-refractivity contribution is 7.98. The first-order chi connectivity index (χ1) is 12.5. The average Bonchev–Trinajstić information content (AvgIpc) is 3.05. The molecule has 0 fully saturated rings. The Kier molecular flexibility index (Phi) is 5.96. The van der Waals surface area contributed by atoms with Gasteiger partial charge in [0.05, 0.1) is 11.3 Å². The Labute approximate surface area is 160 Å². The van der Waals surface area contributed by atoms with Crippen LogP contribution >= 0.6 is 23.4 Å². The molecule has 3 rings (SSSR count). The first kappa shape index (κ1) is 18.5. The van der Waals surface area contributed by atoms with Crippen molar-refractivity contribution in [1.82, 2.24) is 10.1 Å². The first-order valence-electron chi connectivity index (χ1n) is 8.00. The minimum absolute atomic E-state index is 0.414. The number of ether oxygens (including phenoxy) is 1. The number of benzene rings is 1. The minimum atomic E-state index is -0.465. The van der Waals surface area contributed by atoms with Crippen LogP contribution in [0.4, 0.5) is 0 Å². The maximum Gasteiger partial charge on any atom is 0.341 e. The Morgan fingerprint density at radius 1 is 1.31 bits per heavy atom. The van der Waals surface area contributed by atoms with Gasteiger partial charge in [-0.25, -0.2) is 9.78 Å². The summed E-state index contributed by atoms with van der Waals surface area (Å²) in [6.07, 6.45) is 1.18. The van der Waals surface area contributed by atoms with E-state index in [-0.39, 0.29) is 0 Å². The second-order valence-electron chi connectivity index (χ2n) is 5.64. The fourth-order valence-corrected chi connectivity index (χ4v) is 3.53. The fraction of sp³-hybridized carbons (Fsp3) is 0.211. The van der Waals surface area contributed by atoms with Gasteiger partial charge in [-0.15, -0.1) is 0 Å². The van der Waals surface area contributed by atoms with Crippen LogP contribution in [0.5, 0.6) is 0 Å². The standard InChI is InChI=1S/C19H17ClN2O3S/c1-12-10-14(22-25-12)11-26-18-16(7-5-9-21-18)19(23)24-13(2)15-6-3-4-8-17(15)20/h3-10,13H,11H2,1-2H3/t13-/m1/s1. The monoisotopic (exact) mass is 388 g/mol. The largest absolute Gasteiger partial charge is 0.454 e. The number of pyridine rings is 1. The summed E-state index contributed by atoms with van der Waals surface area (Å²) in [4.78, 5) is 16.9. The smallest absolute Gasteiger partial charge is 0.341 e. The van der Waals surface area contributed by atoms with Crippen molar-refractivity contribution in [2.75, 3.05) is 0 Å². The Morgan fingerprint density at radius 2 is 2.12 bits per heavy atom. The van der Waals surface area contributed by atoms with Crippen LogP contribution in [-0.4, -0.2) is 16.1 Å². The van der Waals surface area contributed by atoms with E-state index in [0.29, 0.717) is 21.4 Å². The molecule has 5 nitrogen and oxygen atoms in total. The lowest BCUT2D eigenvalue weighted by molar-refractivity contribution is 0.0333. The van der Waals surface area contributed by atoms with Crippen molar-refractivity contribution in [3.05, 3.63) is 76.3 Å². The lowest BCUT2D eigenvalue weighted by Gasteiger charge is -2.15. The van der Waals surface area contributed by atoms with E-state index in [1.165, 1.54) is 11.8 Å². The number of rotatable bonds is 6. The Balaban J connectivity index is 1.72. The van der Waals surface area contributed by atoms with E-state index in [1.54, 1.807) is 31.3 Å². The minimum Gasteiger partial charge on any atom is -0.454 e. The number of carbonyl (C=O) groups is 1. The molecule has 0 unspecified atom stereocenters. The van der Waals surface area contributed by atoms with Gasteiger partial charge in [-0.05, 0) is 32.0 Å². The maximum absolute atomic E-state index is 12.6. The summed E-state index contributed by atoms with van der Waals surface area (Å²) in [5, 5.41) is 5.10. The van der Waals surface area contributed by atoms with Crippen LogP contribution in [0.1, 0.15) is 40.4 Å². The zero-order chi connectivity index (χ0) is 18.5. The molecule has 0 bridgehead atoms. The van der Waals surface area contributed by atoms with Gasteiger partial charge >= 0.3 is 5.97 Å². The molecule has 0 spiro atoms. The summed E-state index contributed by atoms with van der Waals surface area (Å²) in [7, 11) is 0. The summed E-state index contributed by atoms with van der Waals surface area (Å²) >= 11 is 7.58. The van der Waals surface area contributed by atoms with E-state index >= 15 is 0 Å². The lowest BCUT2D eigenvalue weighted by Crippen LogP contribution is -2.11. The summed E-state index contributed by atoms with van der Waals surface area (Å²) < 4.78 is 10.6. The number of nitrogens with zero attached hydrogens (tertiary/aromatic N) is 2. The topological polar surface area (TPSA) is 65.2 Å². The van der Waals surface area contributed by atoms with Crippen molar-refractivity contribution in [2.24, 2.45) is 0 Å². The molecular weight excluding hydrogens is 372 g/mol. The fourth-order valence-electron chi connectivity index (χ4n) is 2.38. The molecule has 0 aliphatic rings. The van der Waals surface area contributed by atoms with E-state index in [4.69, 9.17) is 20.9 Å². The van der Waals surface area contributed by atoms with Gasteiger partial charge in [-0.3, -0.25) is 0 Å². The first-order valence-corrected chi connectivity index (χ1v) is 9.36. The highest BCUT2D eigenvalue weighted by atomic mass is 35.5. The number of thioether (sulfide) groups is 1. The Bertz CT molecular complexity index is 913. The zero-order valence-corrected chi connectivity index (χ0v) is 15.9. The van der Waals surface area contributed by atoms with Crippen molar-refractivity contribution in [3.8, 4) is 0 Å². The number of aryl methyl sites for hydroxylation is 1. The van der Waals surface area contributed by atoms with Crippen LogP contribution in [0.25, 0.3) is 0 Å². The molecule has 0 aliphatic heterocycles. The zero-order valence-electron chi connectivity index (χ0n) is 14.3. The molecule has 1 atom stereocenters. The molecule has 0 amide bonds. The molecule has 0 N–H and O–H groups in total. The lowest BCUT2D eigenvalue weighted by atomic mass is 10.1. The molecule has 0 aliphatic carbocycles. The second kappa shape index (κ2) is 8.38. The molecule has 134 valence electrons. The maximum atomic E-state index is 12.6. The quantitative estimate of drug-likeness (QED) is 0.425. The van der Waals surface area contributed by atoms with Crippen molar-refractivity contribution in [2.45, 2.75) is 30.7 Å². The third kappa shape index (κ3) is 4.45. The van der Waals surface area contributed by atoms with E-state index in [0.717, 1.165) is 17.0 Å². The molecule has 0 radical (unpaired) electrons. The van der Waals surface area contributed by atoms with Gasteiger partial charge in [0.25, 0.3) is 0 Å². The normalized spacial score (nSPS) is 12.0. The highest BCUT2D eigenvalue weighted by Gasteiger charge is 2.19. The summed E-state index contributed by atoms with van der Waals surface area (Å²) in [5.74, 6) is 0.855. The van der Waals surface area contributed by atoms with Crippen molar-refractivity contribution >= 4 is 29.3 Å². The van der Waals surface area contributed by atoms with Crippen molar-refractivity contribution in [1.29, 1.82) is 0 Å². The number of carbonyl (C=O) groups excluding carboxylic acids is 1. The number of hydrogen-bond donors (Lipinski definition) is 0. The van der Waals surface area contributed by atoms with Gasteiger partial charge in [0.1, 0.15) is 16.9 Å². The Morgan fingerprint density at radius 3 is 2.85 bits per heavy atom. The molecule has 2 aromatic heterocycles.